The van der Waals surface area contributed by atoms with Gasteiger partial charge in [0.1, 0.15) is 5.69 Å². The maximum atomic E-state index is 12.2. The predicted molar refractivity (Wildman–Crippen MR) is 84.8 cm³/mol. The Morgan fingerprint density at radius 3 is 2.59 bits per heavy atom. The fraction of sp³-hybridized carbons (Fsp3) is 0.200. The smallest absolute Gasteiger partial charge is 0.272 e. The van der Waals surface area contributed by atoms with E-state index in [1.807, 2.05) is 0 Å². The lowest BCUT2D eigenvalue weighted by Crippen LogP contribution is -2.23. The van der Waals surface area contributed by atoms with Crippen LogP contribution in [-0.4, -0.2) is 42.9 Å². The number of carbonyl (C=O) groups is 2. The van der Waals surface area contributed by atoms with E-state index < -0.39 is 0 Å². The number of amides is 2. The minimum atomic E-state index is -0.353. The lowest BCUT2D eigenvalue weighted by Gasteiger charge is -2.17. The summed E-state index contributed by atoms with van der Waals surface area (Å²) in [6.07, 6.45) is 1.64. The molecule has 0 unspecified atom stereocenters. The van der Waals surface area contributed by atoms with E-state index in [0.717, 1.165) is 0 Å². The Hall–Kier alpha value is -2.47. The van der Waals surface area contributed by atoms with Gasteiger partial charge < -0.3 is 19.9 Å². The summed E-state index contributed by atoms with van der Waals surface area (Å²) in [5.74, 6) is -0.355. The molecule has 0 spiro atoms. The van der Waals surface area contributed by atoms with Crippen LogP contribution in [0.1, 0.15) is 20.8 Å². The lowest BCUT2D eigenvalue weighted by molar-refractivity contribution is 0.0824. The first-order chi connectivity index (χ1) is 10.4. The molecule has 0 aliphatic heterocycles. The van der Waals surface area contributed by atoms with Gasteiger partial charge in [0.2, 0.25) is 0 Å². The van der Waals surface area contributed by atoms with Gasteiger partial charge in [-0.3, -0.25) is 9.59 Å². The molecule has 0 saturated heterocycles. The molecule has 0 aliphatic carbocycles. The first-order valence-electron chi connectivity index (χ1n) is 6.48. The largest absolute Gasteiger partial charge is 0.494 e. The maximum absolute atomic E-state index is 12.2. The van der Waals surface area contributed by atoms with Crippen LogP contribution >= 0.6 is 11.6 Å². The average molecular weight is 322 g/mol. The van der Waals surface area contributed by atoms with E-state index >= 15 is 0 Å². The molecular formula is C15H16ClN3O3. The van der Waals surface area contributed by atoms with Crippen molar-refractivity contribution in [1.29, 1.82) is 0 Å². The number of hydrogen-bond acceptors (Lipinski definition) is 3. The molecule has 2 aromatic rings. The second-order valence-electron chi connectivity index (χ2n) is 4.77. The highest BCUT2D eigenvalue weighted by molar-refractivity contribution is 6.31. The van der Waals surface area contributed by atoms with Crippen LogP contribution in [-0.2, 0) is 0 Å². The van der Waals surface area contributed by atoms with Gasteiger partial charge in [-0.25, -0.2) is 0 Å². The molecule has 1 aromatic heterocycles. The summed E-state index contributed by atoms with van der Waals surface area (Å²) >= 11 is 6.05. The molecule has 0 aliphatic rings. The van der Waals surface area contributed by atoms with Crippen LogP contribution in [0.3, 0.4) is 0 Å². The van der Waals surface area contributed by atoms with Crippen LogP contribution in [0.25, 0.3) is 0 Å². The van der Waals surface area contributed by atoms with Crippen LogP contribution in [0.5, 0.6) is 5.75 Å². The van der Waals surface area contributed by atoms with Crippen molar-refractivity contribution < 1.29 is 14.3 Å². The topological polar surface area (TPSA) is 74.4 Å². The van der Waals surface area contributed by atoms with Gasteiger partial charge in [0.25, 0.3) is 11.8 Å². The van der Waals surface area contributed by atoms with Crippen LogP contribution in [0, 0.1) is 0 Å². The van der Waals surface area contributed by atoms with Crippen molar-refractivity contribution in [2.45, 2.75) is 0 Å². The number of nitrogens with one attached hydrogen (secondary N) is 2. The normalized spacial score (nSPS) is 10.2. The number of carbonyl (C=O) groups excluding carboxylic acids is 2. The zero-order valence-corrected chi connectivity index (χ0v) is 13.2. The molecule has 2 amide bonds. The highest BCUT2D eigenvalue weighted by Crippen LogP contribution is 2.33. The number of hydrogen-bond donors (Lipinski definition) is 2. The number of rotatable bonds is 4. The summed E-state index contributed by atoms with van der Waals surface area (Å²) in [5, 5.41) is 3.02. The van der Waals surface area contributed by atoms with Gasteiger partial charge in [-0.2, -0.15) is 0 Å². The zero-order chi connectivity index (χ0) is 16.3. The Morgan fingerprint density at radius 2 is 2.05 bits per heavy atom. The first kappa shape index (κ1) is 15.9. The molecular weight excluding hydrogens is 306 g/mol. The minimum absolute atomic E-state index is 0.267. The van der Waals surface area contributed by atoms with E-state index in [-0.39, 0.29) is 23.1 Å². The van der Waals surface area contributed by atoms with E-state index in [1.54, 1.807) is 32.4 Å². The molecule has 22 heavy (non-hydrogen) atoms. The molecule has 2 N–H and O–H groups in total. The van der Waals surface area contributed by atoms with E-state index in [9.17, 15) is 9.59 Å². The van der Waals surface area contributed by atoms with Crippen molar-refractivity contribution >= 4 is 29.1 Å². The van der Waals surface area contributed by atoms with E-state index in [2.05, 4.69) is 10.3 Å². The number of nitrogens with zero attached hydrogens (tertiary/aromatic N) is 1. The van der Waals surface area contributed by atoms with Crippen molar-refractivity contribution in [3.63, 3.8) is 0 Å². The minimum Gasteiger partial charge on any atom is -0.494 e. The second kappa shape index (κ2) is 6.53. The summed E-state index contributed by atoms with van der Waals surface area (Å²) < 4.78 is 5.29. The highest BCUT2D eigenvalue weighted by atomic mass is 35.5. The molecule has 2 rings (SSSR count). The Balaban J connectivity index is 2.42. The molecule has 0 fully saturated rings. The van der Waals surface area contributed by atoms with Crippen LogP contribution in [0.4, 0.5) is 5.69 Å². The van der Waals surface area contributed by atoms with Gasteiger partial charge in [-0.15, -0.1) is 0 Å². The summed E-state index contributed by atoms with van der Waals surface area (Å²) in [5.41, 5.74) is 1.00. The second-order valence-corrected chi connectivity index (χ2v) is 5.21. The number of benzene rings is 1. The molecule has 0 radical (unpaired) electrons. The lowest BCUT2D eigenvalue weighted by atomic mass is 10.1. The van der Waals surface area contributed by atoms with Crippen molar-refractivity contribution in [3.05, 3.63) is 46.7 Å². The number of anilines is 1. The molecule has 6 nitrogen and oxygen atoms in total. The Kier molecular flexibility index (Phi) is 4.72. The quantitative estimate of drug-likeness (QED) is 0.909. The molecule has 0 atom stereocenters. The van der Waals surface area contributed by atoms with Crippen molar-refractivity contribution in [3.8, 4) is 5.75 Å². The number of ether oxygens (including phenoxy) is 1. The average Bonchev–Trinajstić information content (AvgIpc) is 3.00. The van der Waals surface area contributed by atoms with Crippen LogP contribution in [0.2, 0.25) is 5.02 Å². The molecule has 0 bridgehead atoms. The molecule has 1 aromatic carbocycles. The van der Waals surface area contributed by atoms with E-state index in [4.69, 9.17) is 16.3 Å². The monoisotopic (exact) mass is 321 g/mol. The number of halogens is 1. The number of methoxy groups -OCH3 is 1. The van der Waals surface area contributed by atoms with Crippen LogP contribution < -0.4 is 10.1 Å². The van der Waals surface area contributed by atoms with E-state index in [1.165, 1.54) is 24.1 Å². The Labute approximate surface area is 133 Å². The molecule has 0 saturated carbocycles. The number of H-pyrrole nitrogens is 1. The summed E-state index contributed by atoms with van der Waals surface area (Å²) in [6.45, 7) is 0. The van der Waals surface area contributed by atoms with Crippen molar-refractivity contribution in [2.24, 2.45) is 0 Å². The van der Waals surface area contributed by atoms with Gasteiger partial charge in [0.15, 0.2) is 5.75 Å². The van der Waals surface area contributed by atoms with E-state index in [0.29, 0.717) is 16.4 Å². The van der Waals surface area contributed by atoms with Crippen LogP contribution in [0.15, 0.2) is 30.5 Å². The molecule has 1 heterocycles. The maximum Gasteiger partial charge on any atom is 0.272 e. The third-order valence-electron chi connectivity index (χ3n) is 2.99. The fourth-order valence-electron chi connectivity index (χ4n) is 1.97. The Morgan fingerprint density at radius 1 is 1.32 bits per heavy atom. The van der Waals surface area contributed by atoms with Gasteiger partial charge in [0.05, 0.1) is 18.4 Å². The summed E-state index contributed by atoms with van der Waals surface area (Å²) in [4.78, 5) is 28.6. The van der Waals surface area contributed by atoms with Crippen molar-refractivity contribution in [1.82, 2.24) is 9.88 Å². The van der Waals surface area contributed by atoms with Gasteiger partial charge in [-0.05, 0) is 24.3 Å². The molecule has 116 valence electrons. The molecule has 7 heteroatoms. The first-order valence-corrected chi connectivity index (χ1v) is 6.85. The predicted octanol–water partition coefficient (Wildman–Crippen LogP) is 2.63. The standard InChI is InChI=1S/C15H16ClN3O3/c1-19(2)15(21)10-7-9(16)8-12(13(10)22-3)18-14(20)11-5-4-6-17-11/h4-8,17H,1-3H3,(H,18,20). The summed E-state index contributed by atoms with van der Waals surface area (Å²) in [6, 6.07) is 6.39. The van der Waals surface area contributed by atoms with Gasteiger partial charge in [-0.1, -0.05) is 11.6 Å². The highest BCUT2D eigenvalue weighted by Gasteiger charge is 2.20. The number of aromatic nitrogens is 1. The van der Waals surface area contributed by atoms with Crippen molar-refractivity contribution in [2.75, 3.05) is 26.5 Å². The summed E-state index contributed by atoms with van der Waals surface area (Å²) in [7, 11) is 4.68. The third kappa shape index (κ3) is 3.23. The third-order valence-corrected chi connectivity index (χ3v) is 3.20. The zero-order valence-electron chi connectivity index (χ0n) is 12.4. The number of aromatic amines is 1. The Bertz CT molecular complexity index is 696. The SMILES string of the molecule is COc1c(NC(=O)c2ccc[nH]2)cc(Cl)cc1C(=O)N(C)C. The van der Waals surface area contributed by atoms with Gasteiger partial charge in [0, 0.05) is 25.3 Å². The fourth-order valence-corrected chi connectivity index (χ4v) is 2.19. The van der Waals surface area contributed by atoms with Gasteiger partial charge >= 0.3 is 0 Å².